The number of carbonyl (C=O) groups is 1. The van der Waals surface area contributed by atoms with Crippen molar-refractivity contribution >= 4 is 21.8 Å². The van der Waals surface area contributed by atoms with Crippen LogP contribution in [0.1, 0.15) is 26.3 Å². The molecule has 0 aliphatic rings. The molecule has 7 nitrogen and oxygen atoms in total. The summed E-state index contributed by atoms with van der Waals surface area (Å²) in [6, 6.07) is 13.3. The standard InChI is InChI=1S/C19H20N2O5S/c1-19(2,3)26-18(22)21(15-8-10-16(25-4)11-9-15)27(23,24)17-7-5-6-14(12-17)13-20/h5-12H,1-4H3. The van der Waals surface area contributed by atoms with Crippen molar-refractivity contribution in [2.24, 2.45) is 0 Å². The summed E-state index contributed by atoms with van der Waals surface area (Å²) in [5.41, 5.74) is -0.645. The van der Waals surface area contributed by atoms with Gasteiger partial charge in [0.15, 0.2) is 0 Å². The monoisotopic (exact) mass is 388 g/mol. The highest BCUT2D eigenvalue weighted by molar-refractivity contribution is 7.93. The second-order valence-corrected chi connectivity index (χ2v) is 8.37. The van der Waals surface area contributed by atoms with E-state index in [1.54, 1.807) is 20.8 Å². The van der Waals surface area contributed by atoms with E-state index >= 15 is 0 Å². The Hall–Kier alpha value is -3.05. The van der Waals surface area contributed by atoms with Gasteiger partial charge in [-0.2, -0.15) is 9.57 Å². The van der Waals surface area contributed by atoms with Crippen LogP contribution in [0.4, 0.5) is 10.5 Å². The van der Waals surface area contributed by atoms with Gasteiger partial charge in [-0.15, -0.1) is 0 Å². The fraction of sp³-hybridized carbons (Fsp3) is 0.263. The molecule has 0 saturated heterocycles. The number of hydrogen-bond acceptors (Lipinski definition) is 6. The summed E-state index contributed by atoms with van der Waals surface area (Å²) in [6.07, 6.45) is -1.05. The first kappa shape index (κ1) is 20.3. The van der Waals surface area contributed by atoms with E-state index in [2.05, 4.69) is 0 Å². The molecule has 0 atom stereocenters. The van der Waals surface area contributed by atoms with Crippen molar-refractivity contribution in [3.05, 3.63) is 54.1 Å². The zero-order valence-electron chi connectivity index (χ0n) is 15.5. The molecule has 0 bridgehead atoms. The topological polar surface area (TPSA) is 96.7 Å². The van der Waals surface area contributed by atoms with Crippen LogP contribution in [0.5, 0.6) is 5.75 Å². The Kier molecular flexibility index (Phi) is 5.76. The molecule has 2 aromatic carbocycles. The molecule has 0 aliphatic heterocycles. The molecule has 1 amide bonds. The van der Waals surface area contributed by atoms with Gasteiger partial charge in [0.1, 0.15) is 11.4 Å². The summed E-state index contributed by atoms with van der Waals surface area (Å²) in [5, 5.41) is 9.04. The molecule has 0 spiro atoms. The van der Waals surface area contributed by atoms with Crippen LogP contribution in [-0.4, -0.2) is 27.2 Å². The minimum absolute atomic E-state index is 0.0902. The quantitative estimate of drug-likeness (QED) is 0.792. The van der Waals surface area contributed by atoms with Crippen LogP contribution in [0.15, 0.2) is 53.4 Å². The summed E-state index contributed by atoms with van der Waals surface area (Å²) >= 11 is 0. The van der Waals surface area contributed by atoms with Gasteiger partial charge in [0, 0.05) is 0 Å². The number of nitriles is 1. The third-order valence-corrected chi connectivity index (χ3v) is 5.06. The lowest BCUT2D eigenvalue weighted by molar-refractivity contribution is 0.0609. The maximum Gasteiger partial charge on any atom is 0.429 e. The van der Waals surface area contributed by atoms with E-state index in [-0.39, 0.29) is 16.1 Å². The fourth-order valence-electron chi connectivity index (χ4n) is 2.19. The lowest BCUT2D eigenvalue weighted by atomic mass is 10.2. The number of nitrogens with zero attached hydrogens (tertiary/aromatic N) is 2. The van der Waals surface area contributed by atoms with E-state index in [1.165, 1.54) is 55.6 Å². The minimum Gasteiger partial charge on any atom is -0.497 e. The van der Waals surface area contributed by atoms with Gasteiger partial charge in [-0.3, -0.25) is 0 Å². The summed E-state index contributed by atoms with van der Waals surface area (Å²) in [6.45, 7) is 4.92. The predicted molar refractivity (Wildman–Crippen MR) is 100 cm³/mol. The van der Waals surface area contributed by atoms with E-state index in [1.807, 2.05) is 6.07 Å². The maximum atomic E-state index is 13.2. The van der Waals surface area contributed by atoms with Crippen LogP contribution in [0, 0.1) is 11.3 Å². The van der Waals surface area contributed by atoms with Gasteiger partial charge in [0.25, 0.3) is 10.0 Å². The second kappa shape index (κ2) is 7.68. The highest BCUT2D eigenvalue weighted by Crippen LogP contribution is 2.28. The number of rotatable bonds is 4. The lowest BCUT2D eigenvalue weighted by Gasteiger charge is -2.27. The van der Waals surface area contributed by atoms with Crippen molar-refractivity contribution in [1.82, 2.24) is 0 Å². The van der Waals surface area contributed by atoms with Crippen LogP contribution >= 0.6 is 0 Å². The van der Waals surface area contributed by atoms with Crippen LogP contribution in [-0.2, 0) is 14.8 Å². The van der Waals surface area contributed by atoms with Gasteiger partial charge >= 0.3 is 6.09 Å². The van der Waals surface area contributed by atoms with E-state index in [4.69, 9.17) is 14.7 Å². The van der Waals surface area contributed by atoms with Gasteiger partial charge in [0.2, 0.25) is 0 Å². The molecule has 2 rings (SSSR count). The molecule has 0 fully saturated rings. The largest absolute Gasteiger partial charge is 0.497 e. The smallest absolute Gasteiger partial charge is 0.429 e. The first-order chi connectivity index (χ1) is 12.6. The predicted octanol–water partition coefficient (Wildman–Crippen LogP) is 3.70. The molecule has 0 aromatic heterocycles. The number of amides is 1. The van der Waals surface area contributed by atoms with Crippen molar-refractivity contribution in [3.63, 3.8) is 0 Å². The number of benzene rings is 2. The molecule has 0 N–H and O–H groups in total. The number of anilines is 1. The Labute approximate surface area is 158 Å². The van der Waals surface area contributed by atoms with Crippen molar-refractivity contribution in [2.45, 2.75) is 31.3 Å². The van der Waals surface area contributed by atoms with Crippen LogP contribution in [0.3, 0.4) is 0 Å². The van der Waals surface area contributed by atoms with Gasteiger partial charge < -0.3 is 9.47 Å². The minimum atomic E-state index is -4.31. The molecule has 2 aromatic rings. The molecule has 8 heteroatoms. The van der Waals surface area contributed by atoms with Gasteiger partial charge in [-0.25, -0.2) is 13.2 Å². The van der Waals surface area contributed by atoms with Crippen LogP contribution in [0.25, 0.3) is 0 Å². The zero-order valence-corrected chi connectivity index (χ0v) is 16.3. The van der Waals surface area contributed by atoms with Crippen LogP contribution in [0.2, 0.25) is 0 Å². The summed E-state index contributed by atoms with van der Waals surface area (Å²) in [4.78, 5) is 12.5. The summed E-state index contributed by atoms with van der Waals surface area (Å²) < 4.78 is 37.3. The summed E-state index contributed by atoms with van der Waals surface area (Å²) in [5.74, 6) is 0.506. The van der Waals surface area contributed by atoms with E-state index < -0.39 is 21.7 Å². The zero-order chi connectivity index (χ0) is 20.2. The van der Waals surface area contributed by atoms with Crippen LogP contribution < -0.4 is 9.04 Å². The lowest BCUT2D eigenvalue weighted by Crippen LogP contribution is -2.41. The second-order valence-electron chi connectivity index (χ2n) is 6.59. The van der Waals surface area contributed by atoms with E-state index in [9.17, 15) is 13.2 Å². The number of ether oxygens (including phenoxy) is 2. The third-order valence-electron chi connectivity index (χ3n) is 3.37. The van der Waals surface area contributed by atoms with Gasteiger partial charge in [-0.1, -0.05) is 6.07 Å². The van der Waals surface area contributed by atoms with Crippen molar-refractivity contribution in [1.29, 1.82) is 5.26 Å². The molecule has 0 radical (unpaired) electrons. The molecule has 142 valence electrons. The average molecular weight is 388 g/mol. The molecule has 0 unspecified atom stereocenters. The first-order valence-corrected chi connectivity index (χ1v) is 9.45. The Bertz CT molecular complexity index is 970. The van der Waals surface area contributed by atoms with Gasteiger partial charge in [-0.05, 0) is 63.2 Å². The molecule has 0 aliphatic carbocycles. The highest BCUT2D eigenvalue weighted by Gasteiger charge is 2.34. The fourth-order valence-corrected chi connectivity index (χ4v) is 3.56. The number of hydrogen-bond donors (Lipinski definition) is 0. The summed E-state index contributed by atoms with van der Waals surface area (Å²) in [7, 11) is -2.83. The Morgan fingerprint density at radius 3 is 2.26 bits per heavy atom. The van der Waals surface area contributed by atoms with E-state index in [0.29, 0.717) is 10.1 Å². The first-order valence-electron chi connectivity index (χ1n) is 8.01. The Morgan fingerprint density at radius 1 is 1.11 bits per heavy atom. The molecule has 0 heterocycles. The Balaban J connectivity index is 2.59. The third kappa shape index (κ3) is 4.77. The van der Waals surface area contributed by atoms with Crippen molar-refractivity contribution < 1.29 is 22.7 Å². The van der Waals surface area contributed by atoms with Crippen molar-refractivity contribution in [2.75, 3.05) is 11.4 Å². The van der Waals surface area contributed by atoms with Gasteiger partial charge in [0.05, 0.1) is 29.3 Å². The normalized spacial score (nSPS) is 11.4. The number of carbonyl (C=O) groups excluding carboxylic acids is 1. The average Bonchev–Trinajstić information content (AvgIpc) is 2.60. The Morgan fingerprint density at radius 2 is 1.74 bits per heavy atom. The SMILES string of the molecule is COc1ccc(N(C(=O)OC(C)(C)C)S(=O)(=O)c2cccc(C#N)c2)cc1. The number of methoxy groups -OCH3 is 1. The van der Waals surface area contributed by atoms with Crippen molar-refractivity contribution in [3.8, 4) is 11.8 Å². The molecule has 0 saturated carbocycles. The molecular formula is C19H20N2O5S. The number of sulfonamides is 1. The molecular weight excluding hydrogens is 368 g/mol. The maximum absolute atomic E-state index is 13.2. The van der Waals surface area contributed by atoms with E-state index in [0.717, 1.165) is 0 Å². The highest BCUT2D eigenvalue weighted by atomic mass is 32.2. The molecule has 27 heavy (non-hydrogen) atoms.